The van der Waals surface area contributed by atoms with Gasteiger partial charge in [0.1, 0.15) is 5.75 Å². The molecule has 2 N–H and O–H groups in total. The minimum Gasteiger partial charge on any atom is -0.484 e. The average molecular weight is 265 g/mol. The Labute approximate surface area is 114 Å². The van der Waals surface area contributed by atoms with Gasteiger partial charge in [-0.25, -0.2) is 0 Å². The van der Waals surface area contributed by atoms with Crippen LogP contribution in [0.2, 0.25) is 0 Å². The number of nitrogens with one attached hydrogen (secondary N) is 1. The lowest BCUT2D eigenvalue weighted by atomic mass is 10.1. The number of aliphatic hydroxyl groups is 1. The van der Waals surface area contributed by atoms with Gasteiger partial charge in [-0.05, 0) is 43.0 Å². The number of ether oxygens (including phenoxy) is 1. The maximum atomic E-state index is 11.7. The average Bonchev–Trinajstić information content (AvgIpc) is 2.32. The van der Waals surface area contributed by atoms with Crippen molar-refractivity contribution >= 4 is 5.91 Å². The highest BCUT2D eigenvalue weighted by molar-refractivity contribution is 5.77. The highest BCUT2D eigenvalue weighted by Crippen LogP contribution is 2.15. The Kier molecular flexibility index (Phi) is 5.83. The smallest absolute Gasteiger partial charge is 0.258 e. The molecule has 0 aliphatic heterocycles. The summed E-state index contributed by atoms with van der Waals surface area (Å²) in [6.07, 6.45) is 0. The molecule has 0 saturated carbocycles. The lowest BCUT2D eigenvalue weighted by Gasteiger charge is -2.20. The van der Waals surface area contributed by atoms with Crippen LogP contribution in [-0.2, 0) is 4.79 Å². The maximum Gasteiger partial charge on any atom is 0.258 e. The number of aryl methyl sites for hydroxylation is 2. The fourth-order valence-electron chi connectivity index (χ4n) is 1.84. The third-order valence-electron chi connectivity index (χ3n) is 2.91. The molecule has 0 fully saturated rings. The number of aliphatic hydroxyl groups excluding tert-OH is 1. The van der Waals surface area contributed by atoms with E-state index in [9.17, 15) is 4.79 Å². The molecule has 1 aromatic rings. The summed E-state index contributed by atoms with van der Waals surface area (Å²) in [7, 11) is 0. The largest absolute Gasteiger partial charge is 0.484 e. The van der Waals surface area contributed by atoms with Crippen LogP contribution in [0.4, 0.5) is 0 Å². The molecule has 0 heterocycles. The number of hydrogen-bond donors (Lipinski definition) is 2. The predicted molar refractivity (Wildman–Crippen MR) is 75.3 cm³/mol. The van der Waals surface area contributed by atoms with Crippen LogP contribution in [0.15, 0.2) is 18.2 Å². The van der Waals surface area contributed by atoms with E-state index < -0.39 is 0 Å². The zero-order chi connectivity index (χ0) is 14.4. The van der Waals surface area contributed by atoms with Crippen molar-refractivity contribution in [1.29, 1.82) is 0 Å². The summed E-state index contributed by atoms with van der Waals surface area (Å²) in [5, 5.41) is 11.9. The summed E-state index contributed by atoms with van der Waals surface area (Å²) in [4.78, 5) is 11.7. The molecule has 1 rings (SSSR count). The van der Waals surface area contributed by atoms with Crippen molar-refractivity contribution in [3.8, 4) is 5.75 Å². The van der Waals surface area contributed by atoms with E-state index in [1.807, 2.05) is 45.9 Å². The Morgan fingerprint density at radius 2 is 1.84 bits per heavy atom. The normalized spacial score (nSPS) is 12.3. The molecule has 0 bridgehead atoms. The molecule has 1 amide bonds. The number of carbonyl (C=O) groups is 1. The number of rotatable bonds is 6. The Balaban J connectivity index is 2.50. The van der Waals surface area contributed by atoms with Crippen LogP contribution >= 0.6 is 0 Å². The highest BCUT2D eigenvalue weighted by Gasteiger charge is 2.15. The van der Waals surface area contributed by atoms with Gasteiger partial charge in [0.25, 0.3) is 5.91 Å². The zero-order valence-electron chi connectivity index (χ0n) is 12.1. The number of hydrogen-bond acceptors (Lipinski definition) is 3. The third-order valence-corrected chi connectivity index (χ3v) is 2.91. The summed E-state index contributed by atoms with van der Waals surface area (Å²) in [5.41, 5.74) is 2.21. The quantitative estimate of drug-likeness (QED) is 0.825. The molecule has 0 spiro atoms. The molecule has 0 aliphatic carbocycles. The van der Waals surface area contributed by atoms with Gasteiger partial charge < -0.3 is 15.2 Å². The molecule has 1 aromatic carbocycles. The minimum absolute atomic E-state index is 0.0356. The topological polar surface area (TPSA) is 58.6 Å². The fourth-order valence-corrected chi connectivity index (χ4v) is 1.84. The predicted octanol–water partition coefficient (Wildman–Crippen LogP) is 1.82. The van der Waals surface area contributed by atoms with Gasteiger partial charge in [0, 0.05) is 0 Å². The van der Waals surface area contributed by atoms with Gasteiger partial charge in [-0.1, -0.05) is 19.9 Å². The van der Waals surface area contributed by atoms with E-state index in [-0.39, 0.29) is 31.1 Å². The Bertz CT molecular complexity index is 409. The van der Waals surface area contributed by atoms with Crippen LogP contribution in [0.1, 0.15) is 25.0 Å². The second-order valence-electron chi connectivity index (χ2n) is 5.21. The summed E-state index contributed by atoms with van der Waals surface area (Å²) >= 11 is 0. The van der Waals surface area contributed by atoms with Crippen molar-refractivity contribution in [3.63, 3.8) is 0 Å². The molecule has 4 heteroatoms. The van der Waals surface area contributed by atoms with Crippen LogP contribution in [0.5, 0.6) is 5.75 Å². The molecule has 1 atom stereocenters. The monoisotopic (exact) mass is 265 g/mol. The molecule has 0 unspecified atom stereocenters. The molecular weight excluding hydrogens is 242 g/mol. The van der Waals surface area contributed by atoms with Gasteiger partial charge >= 0.3 is 0 Å². The fraction of sp³-hybridized carbons (Fsp3) is 0.533. The molecule has 0 aliphatic rings. The van der Waals surface area contributed by atoms with Gasteiger partial charge in [0.15, 0.2) is 6.61 Å². The van der Waals surface area contributed by atoms with Crippen molar-refractivity contribution in [1.82, 2.24) is 5.32 Å². The van der Waals surface area contributed by atoms with Crippen LogP contribution in [0, 0.1) is 19.8 Å². The number of benzene rings is 1. The minimum atomic E-state index is -0.227. The SMILES string of the molecule is Cc1cc(C)cc(OCC(=O)N[C@H](CO)C(C)C)c1. The standard InChI is InChI=1S/C15H23NO3/c1-10(2)14(8-17)16-15(18)9-19-13-6-11(3)5-12(4)7-13/h5-7,10,14,17H,8-9H2,1-4H3,(H,16,18)/t14-/m1/s1. The molecular formula is C15H23NO3. The van der Waals surface area contributed by atoms with Crippen molar-refractivity contribution in [2.75, 3.05) is 13.2 Å². The van der Waals surface area contributed by atoms with Crippen LogP contribution in [0.25, 0.3) is 0 Å². The van der Waals surface area contributed by atoms with Gasteiger partial charge in [-0.15, -0.1) is 0 Å². The molecule has 19 heavy (non-hydrogen) atoms. The number of carbonyl (C=O) groups excluding carboxylic acids is 1. The van der Waals surface area contributed by atoms with E-state index in [2.05, 4.69) is 5.32 Å². The van der Waals surface area contributed by atoms with E-state index in [0.29, 0.717) is 5.75 Å². The first-order chi connectivity index (χ1) is 8.92. The Morgan fingerprint density at radius 3 is 2.32 bits per heavy atom. The first-order valence-electron chi connectivity index (χ1n) is 6.53. The van der Waals surface area contributed by atoms with Crippen molar-refractivity contribution in [2.45, 2.75) is 33.7 Å². The highest BCUT2D eigenvalue weighted by atomic mass is 16.5. The third kappa shape index (κ3) is 5.30. The Hall–Kier alpha value is -1.55. The lowest BCUT2D eigenvalue weighted by Crippen LogP contribution is -2.43. The second kappa shape index (κ2) is 7.14. The summed E-state index contributed by atoms with van der Waals surface area (Å²) in [6, 6.07) is 5.61. The van der Waals surface area contributed by atoms with Gasteiger partial charge in [0.05, 0.1) is 12.6 Å². The van der Waals surface area contributed by atoms with Crippen molar-refractivity contribution in [3.05, 3.63) is 29.3 Å². The Morgan fingerprint density at radius 1 is 1.26 bits per heavy atom. The number of amides is 1. The molecule has 0 radical (unpaired) electrons. The van der Waals surface area contributed by atoms with Crippen LogP contribution in [0.3, 0.4) is 0 Å². The lowest BCUT2D eigenvalue weighted by molar-refractivity contribution is -0.124. The van der Waals surface area contributed by atoms with E-state index >= 15 is 0 Å². The van der Waals surface area contributed by atoms with E-state index in [1.54, 1.807) is 0 Å². The van der Waals surface area contributed by atoms with Gasteiger partial charge in [-0.3, -0.25) is 4.79 Å². The maximum absolute atomic E-state index is 11.7. The molecule has 4 nitrogen and oxygen atoms in total. The summed E-state index contributed by atoms with van der Waals surface area (Å²) in [5.74, 6) is 0.666. The first kappa shape index (κ1) is 15.5. The summed E-state index contributed by atoms with van der Waals surface area (Å²) < 4.78 is 5.46. The first-order valence-corrected chi connectivity index (χ1v) is 6.53. The van der Waals surface area contributed by atoms with Gasteiger partial charge in [-0.2, -0.15) is 0 Å². The van der Waals surface area contributed by atoms with Gasteiger partial charge in [0.2, 0.25) is 0 Å². The van der Waals surface area contributed by atoms with Crippen LogP contribution in [-0.4, -0.2) is 30.3 Å². The second-order valence-corrected chi connectivity index (χ2v) is 5.21. The van der Waals surface area contributed by atoms with E-state index in [1.165, 1.54) is 0 Å². The molecule has 0 saturated heterocycles. The molecule has 106 valence electrons. The van der Waals surface area contributed by atoms with Crippen molar-refractivity contribution < 1.29 is 14.6 Å². The van der Waals surface area contributed by atoms with Crippen molar-refractivity contribution in [2.24, 2.45) is 5.92 Å². The molecule has 0 aromatic heterocycles. The van der Waals surface area contributed by atoms with E-state index in [4.69, 9.17) is 9.84 Å². The van der Waals surface area contributed by atoms with E-state index in [0.717, 1.165) is 11.1 Å². The van der Waals surface area contributed by atoms with Crippen LogP contribution < -0.4 is 10.1 Å². The zero-order valence-corrected chi connectivity index (χ0v) is 12.1. The summed E-state index contributed by atoms with van der Waals surface area (Å²) in [6.45, 7) is 7.78.